The van der Waals surface area contributed by atoms with Gasteiger partial charge in [-0.3, -0.25) is 0 Å². The van der Waals surface area contributed by atoms with E-state index < -0.39 is 30.6 Å². The van der Waals surface area contributed by atoms with E-state index in [1.54, 1.807) is 6.92 Å². The van der Waals surface area contributed by atoms with E-state index >= 15 is 0 Å². The van der Waals surface area contributed by atoms with Gasteiger partial charge >= 0.3 is 18.8 Å². The maximum Gasteiger partial charge on any atom is 0.453 e. The molecule has 1 aromatic heterocycles. The predicted molar refractivity (Wildman–Crippen MR) is 89.2 cm³/mol. The molecular formula is C17H15F5N4O3. The third-order valence-electron chi connectivity index (χ3n) is 4.02. The molecule has 1 aliphatic rings. The summed E-state index contributed by atoms with van der Waals surface area (Å²) >= 11 is 0. The molecule has 1 aliphatic heterocycles. The molecule has 2 aromatic rings. The highest BCUT2D eigenvalue weighted by Gasteiger charge is 2.41. The number of benzene rings is 1. The van der Waals surface area contributed by atoms with Gasteiger partial charge in [-0.1, -0.05) is 12.1 Å². The highest BCUT2D eigenvalue weighted by Crippen LogP contribution is 2.38. The summed E-state index contributed by atoms with van der Waals surface area (Å²) < 4.78 is 74.2. The van der Waals surface area contributed by atoms with Gasteiger partial charge < -0.3 is 14.8 Å². The Balaban J connectivity index is 2.10. The third-order valence-corrected chi connectivity index (χ3v) is 4.02. The molecule has 29 heavy (non-hydrogen) atoms. The van der Waals surface area contributed by atoms with Gasteiger partial charge in [0, 0.05) is 5.70 Å². The SMILES string of the molecule is CCOC(=O)C1=C(C)Nc2nc(C(F)(F)F)nn2C1c1ccc(OC(F)F)cc1. The van der Waals surface area contributed by atoms with Crippen LogP contribution in [0.25, 0.3) is 0 Å². The number of carbonyl (C=O) groups excluding carboxylic acids is 1. The number of hydrogen-bond donors (Lipinski definition) is 1. The maximum absolute atomic E-state index is 13.1. The Morgan fingerprint density at radius 2 is 1.93 bits per heavy atom. The molecule has 12 heteroatoms. The van der Waals surface area contributed by atoms with Gasteiger partial charge in [0.15, 0.2) is 0 Å². The highest BCUT2D eigenvalue weighted by molar-refractivity contribution is 5.92. The van der Waals surface area contributed by atoms with Crippen LogP contribution in [0.3, 0.4) is 0 Å². The van der Waals surface area contributed by atoms with Gasteiger partial charge in [0.2, 0.25) is 5.95 Å². The summed E-state index contributed by atoms with van der Waals surface area (Å²) in [7, 11) is 0. The molecule has 7 nitrogen and oxygen atoms in total. The van der Waals surface area contributed by atoms with Gasteiger partial charge in [-0.15, -0.1) is 5.10 Å². The zero-order valence-corrected chi connectivity index (χ0v) is 15.1. The fourth-order valence-electron chi connectivity index (χ4n) is 2.88. The van der Waals surface area contributed by atoms with Gasteiger partial charge in [0.1, 0.15) is 11.8 Å². The van der Waals surface area contributed by atoms with Gasteiger partial charge in [0.25, 0.3) is 5.82 Å². The molecule has 2 heterocycles. The van der Waals surface area contributed by atoms with Crippen LogP contribution in [-0.4, -0.2) is 34.0 Å². The minimum Gasteiger partial charge on any atom is -0.463 e. The van der Waals surface area contributed by atoms with Crippen LogP contribution >= 0.6 is 0 Å². The Bertz CT molecular complexity index is 938. The Hall–Kier alpha value is -3.18. The zero-order valence-electron chi connectivity index (χ0n) is 15.1. The van der Waals surface area contributed by atoms with Crippen molar-refractivity contribution in [3.8, 4) is 5.75 Å². The van der Waals surface area contributed by atoms with Crippen molar-refractivity contribution in [3.05, 3.63) is 46.9 Å². The quantitative estimate of drug-likeness (QED) is 0.589. The molecule has 0 aliphatic carbocycles. The van der Waals surface area contributed by atoms with E-state index in [4.69, 9.17) is 4.74 Å². The smallest absolute Gasteiger partial charge is 0.453 e. The summed E-state index contributed by atoms with van der Waals surface area (Å²) in [4.78, 5) is 15.9. The van der Waals surface area contributed by atoms with E-state index in [1.807, 2.05) is 0 Å². The monoisotopic (exact) mass is 418 g/mol. The first-order chi connectivity index (χ1) is 13.6. The molecule has 0 saturated heterocycles. The highest BCUT2D eigenvalue weighted by atomic mass is 19.4. The van der Waals surface area contributed by atoms with Crippen LogP contribution in [-0.2, 0) is 15.7 Å². The Labute approximate surface area is 161 Å². The first-order valence-electron chi connectivity index (χ1n) is 8.35. The Morgan fingerprint density at radius 1 is 1.28 bits per heavy atom. The number of esters is 1. The molecule has 1 atom stereocenters. The van der Waals surface area contributed by atoms with E-state index in [2.05, 4.69) is 20.1 Å². The number of aromatic nitrogens is 3. The second-order valence-corrected chi connectivity index (χ2v) is 5.94. The van der Waals surface area contributed by atoms with Crippen LogP contribution in [0.4, 0.5) is 27.9 Å². The molecule has 0 saturated carbocycles. The summed E-state index contributed by atoms with van der Waals surface area (Å²) in [5, 5.41) is 6.13. The summed E-state index contributed by atoms with van der Waals surface area (Å²) in [6.07, 6.45) is -4.80. The lowest BCUT2D eigenvalue weighted by molar-refractivity contribution is -0.145. The number of halogens is 5. The summed E-state index contributed by atoms with van der Waals surface area (Å²) in [5.74, 6) is -2.52. The van der Waals surface area contributed by atoms with Crippen molar-refractivity contribution in [3.63, 3.8) is 0 Å². The standard InChI is InChI=1S/C17H15F5N4O3/c1-3-28-13(27)11-8(2)23-16-24-14(17(20,21)22)25-26(16)12(11)9-4-6-10(7-5-9)29-15(18)19/h4-7,12,15H,3H2,1-2H3,(H,23,24,25). The summed E-state index contributed by atoms with van der Waals surface area (Å²) in [6, 6.07) is 4.00. The number of nitrogens with one attached hydrogen (secondary N) is 1. The molecule has 1 N–H and O–H groups in total. The number of rotatable bonds is 5. The van der Waals surface area contributed by atoms with Crippen LogP contribution in [0.2, 0.25) is 0 Å². The van der Waals surface area contributed by atoms with Crippen molar-refractivity contribution in [2.75, 3.05) is 11.9 Å². The van der Waals surface area contributed by atoms with E-state index in [9.17, 15) is 26.7 Å². The second kappa shape index (κ2) is 7.68. The van der Waals surface area contributed by atoms with Crippen molar-refractivity contribution < 1.29 is 36.2 Å². The topological polar surface area (TPSA) is 78.3 Å². The van der Waals surface area contributed by atoms with Gasteiger partial charge in [-0.2, -0.15) is 26.9 Å². The lowest BCUT2D eigenvalue weighted by atomic mass is 9.96. The molecule has 0 spiro atoms. The van der Waals surface area contributed by atoms with E-state index in [-0.39, 0.29) is 29.6 Å². The number of ether oxygens (including phenoxy) is 2. The summed E-state index contributed by atoms with van der Waals surface area (Å²) in [5.41, 5.74) is 0.547. The average molecular weight is 418 g/mol. The van der Waals surface area contributed by atoms with Crippen LogP contribution in [0.1, 0.15) is 31.3 Å². The van der Waals surface area contributed by atoms with Crippen LogP contribution < -0.4 is 10.1 Å². The van der Waals surface area contributed by atoms with Crippen LogP contribution in [0.15, 0.2) is 35.5 Å². The maximum atomic E-state index is 13.1. The summed E-state index contributed by atoms with van der Waals surface area (Å²) in [6.45, 7) is 0.0757. The number of alkyl halides is 5. The minimum absolute atomic E-state index is 0.0144. The lowest BCUT2D eigenvalue weighted by Crippen LogP contribution is -2.29. The van der Waals surface area contributed by atoms with Gasteiger partial charge in [0.05, 0.1) is 12.2 Å². The molecule has 3 rings (SSSR count). The molecule has 0 fully saturated rings. The normalized spacial score (nSPS) is 16.5. The van der Waals surface area contributed by atoms with Crippen molar-refractivity contribution in [2.45, 2.75) is 32.7 Å². The van der Waals surface area contributed by atoms with E-state index in [0.717, 1.165) is 4.68 Å². The van der Waals surface area contributed by atoms with E-state index in [0.29, 0.717) is 5.56 Å². The molecule has 1 unspecified atom stereocenters. The zero-order chi connectivity index (χ0) is 21.3. The molecule has 0 bridgehead atoms. The first-order valence-corrected chi connectivity index (χ1v) is 8.35. The van der Waals surface area contributed by atoms with Crippen molar-refractivity contribution in [1.82, 2.24) is 14.8 Å². The molecule has 1 aromatic carbocycles. The molecule has 0 amide bonds. The van der Waals surface area contributed by atoms with Crippen molar-refractivity contribution in [1.29, 1.82) is 0 Å². The fourth-order valence-corrected chi connectivity index (χ4v) is 2.88. The molecule has 156 valence electrons. The predicted octanol–water partition coefficient (Wildman–Crippen LogP) is 3.75. The van der Waals surface area contributed by atoms with Crippen LogP contribution in [0.5, 0.6) is 5.75 Å². The number of anilines is 1. The second-order valence-electron chi connectivity index (χ2n) is 5.94. The fraction of sp³-hybridized carbons (Fsp3) is 0.353. The number of nitrogens with zero attached hydrogens (tertiary/aromatic N) is 3. The molecule has 0 radical (unpaired) electrons. The number of allylic oxidation sites excluding steroid dienone is 1. The van der Waals surface area contributed by atoms with Gasteiger partial charge in [-0.25, -0.2) is 9.48 Å². The third kappa shape index (κ3) is 4.15. The number of fused-ring (bicyclic) bond motifs is 1. The largest absolute Gasteiger partial charge is 0.463 e. The number of hydrogen-bond acceptors (Lipinski definition) is 6. The Morgan fingerprint density at radius 3 is 2.48 bits per heavy atom. The lowest BCUT2D eigenvalue weighted by Gasteiger charge is -2.28. The van der Waals surface area contributed by atoms with Crippen molar-refractivity contribution in [2.24, 2.45) is 0 Å². The number of carbonyl (C=O) groups is 1. The van der Waals surface area contributed by atoms with Crippen molar-refractivity contribution >= 4 is 11.9 Å². The molecular weight excluding hydrogens is 403 g/mol. The van der Waals surface area contributed by atoms with Gasteiger partial charge in [-0.05, 0) is 31.5 Å². The minimum atomic E-state index is -4.80. The first kappa shape index (κ1) is 20.6. The Kier molecular flexibility index (Phi) is 5.44. The average Bonchev–Trinajstić information content (AvgIpc) is 3.05. The van der Waals surface area contributed by atoms with E-state index in [1.165, 1.54) is 31.2 Å². The van der Waals surface area contributed by atoms with Crippen LogP contribution in [0, 0.1) is 0 Å².